The zero-order chi connectivity index (χ0) is 39.5. The summed E-state index contributed by atoms with van der Waals surface area (Å²) in [6.07, 6.45) is -0.604. The Kier molecular flexibility index (Phi) is 13.3. The van der Waals surface area contributed by atoms with Gasteiger partial charge in [0.05, 0.1) is 24.2 Å². The van der Waals surface area contributed by atoms with E-state index in [4.69, 9.17) is 9.47 Å². The predicted molar refractivity (Wildman–Crippen MR) is 202 cm³/mol. The van der Waals surface area contributed by atoms with Crippen molar-refractivity contribution in [3.05, 3.63) is 120 Å². The Morgan fingerprint density at radius 1 is 0.618 bits per heavy atom. The van der Waals surface area contributed by atoms with Crippen LogP contribution in [0.2, 0.25) is 0 Å². The van der Waals surface area contributed by atoms with Gasteiger partial charge in [0, 0.05) is 26.2 Å². The predicted octanol–water partition coefficient (Wildman–Crippen LogP) is 7.33. The number of benzene rings is 4. The first-order valence-electron chi connectivity index (χ1n) is 18.4. The molecule has 0 bridgehead atoms. The summed E-state index contributed by atoms with van der Waals surface area (Å²) in [5.74, 6) is -9.00. The fourth-order valence-corrected chi connectivity index (χ4v) is 7.52. The van der Waals surface area contributed by atoms with Crippen LogP contribution in [-0.2, 0) is 37.1 Å². The van der Waals surface area contributed by atoms with Crippen LogP contribution < -0.4 is 9.47 Å². The maximum absolute atomic E-state index is 14.6. The first kappa shape index (κ1) is 40.0. The standard InChI is InChI=1S/C43H46N2O10/c1-3-23-44(27-29-15-19-33(20-16-29)54-31-11-7-5-8-12-31)39(48)35-25-36(43(42(52)53,26-37(46)47)38(35)41(50)51)40(49)45(24-4-2)28-30-17-21-34(22-18-30)55-32-13-9-6-10-14-32/h5-22,35-36,38H,3-4,23-28H2,1-2H3,(H,46,47)(H,50,51)(H,52,53)/t35-,36-,38-,43+/m0/s1. The van der Waals surface area contributed by atoms with E-state index in [1.54, 1.807) is 48.5 Å². The SMILES string of the molecule is CCCN(Cc1ccc(Oc2ccccc2)cc1)C(=O)[C@H]1C[C@@H](C(=O)N(CCC)Cc2ccc(Oc3ccccc3)cc2)[C@@](CC(=O)O)(C(=O)O)[C@@H]1C(=O)O. The normalized spacial score (nSPS) is 18.9. The quantitative estimate of drug-likeness (QED) is 0.0935. The second kappa shape index (κ2) is 18.2. The van der Waals surface area contributed by atoms with Crippen molar-refractivity contribution in [3.63, 3.8) is 0 Å². The number of ether oxygens (including phenoxy) is 2. The second-order valence-electron chi connectivity index (χ2n) is 13.8. The smallest absolute Gasteiger partial charge is 0.311 e. The van der Waals surface area contributed by atoms with Gasteiger partial charge in [-0.3, -0.25) is 24.0 Å². The Hall–Kier alpha value is -6.17. The molecule has 0 aliphatic heterocycles. The van der Waals surface area contributed by atoms with Gasteiger partial charge in [-0.1, -0.05) is 74.5 Å². The van der Waals surface area contributed by atoms with E-state index in [1.165, 1.54) is 9.80 Å². The molecule has 0 radical (unpaired) electrons. The Morgan fingerprint density at radius 3 is 1.42 bits per heavy atom. The molecule has 0 saturated heterocycles. The molecule has 288 valence electrons. The molecule has 0 aromatic heterocycles. The molecule has 4 aromatic carbocycles. The summed E-state index contributed by atoms with van der Waals surface area (Å²) in [6, 6.07) is 32.4. The van der Waals surface area contributed by atoms with Crippen molar-refractivity contribution in [2.24, 2.45) is 23.2 Å². The molecule has 5 rings (SSSR count). The number of nitrogens with zero attached hydrogens (tertiary/aromatic N) is 2. The number of hydrogen-bond donors (Lipinski definition) is 3. The van der Waals surface area contributed by atoms with Crippen molar-refractivity contribution in [1.29, 1.82) is 0 Å². The summed E-state index contributed by atoms with van der Waals surface area (Å²) in [6.45, 7) is 4.20. The summed E-state index contributed by atoms with van der Waals surface area (Å²) in [4.78, 5) is 70.6. The highest BCUT2D eigenvalue weighted by Gasteiger charge is 2.68. The van der Waals surface area contributed by atoms with Crippen molar-refractivity contribution in [2.75, 3.05) is 13.1 Å². The molecule has 55 heavy (non-hydrogen) atoms. The number of hydrogen-bond acceptors (Lipinski definition) is 7. The third-order valence-electron chi connectivity index (χ3n) is 9.95. The number of para-hydroxylation sites is 2. The number of rotatable bonds is 18. The maximum Gasteiger partial charge on any atom is 0.311 e. The molecule has 12 nitrogen and oxygen atoms in total. The van der Waals surface area contributed by atoms with Gasteiger partial charge in [0.1, 0.15) is 28.4 Å². The van der Waals surface area contributed by atoms with Crippen LogP contribution >= 0.6 is 0 Å². The number of carboxylic acids is 3. The van der Waals surface area contributed by atoms with Crippen LogP contribution in [-0.4, -0.2) is 67.9 Å². The maximum atomic E-state index is 14.6. The molecule has 1 aliphatic carbocycles. The molecule has 4 atom stereocenters. The molecule has 2 amide bonds. The molecular formula is C43H46N2O10. The third kappa shape index (κ3) is 9.50. The van der Waals surface area contributed by atoms with Crippen molar-refractivity contribution in [2.45, 2.75) is 52.6 Å². The van der Waals surface area contributed by atoms with Crippen LogP contribution in [0.3, 0.4) is 0 Å². The number of carboxylic acid groups (broad SMARTS) is 3. The fourth-order valence-electron chi connectivity index (χ4n) is 7.52. The minimum atomic E-state index is -2.59. The van der Waals surface area contributed by atoms with Crippen molar-refractivity contribution >= 4 is 29.7 Å². The number of carbonyl (C=O) groups excluding carboxylic acids is 2. The van der Waals surface area contributed by atoms with E-state index in [1.807, 2.05) is 74.5 Å². The average Bonchev–Trinajstić information content (AvgIpc) is 3.52. The van der Waals surface area contributed by atoms with E-state index in [9.17, 15) is 39.3 Å². The topological polar surface area (TPSA) is 171 Å². The van der Waals surface area contributed by atoms with Crippen LogP contribution in [0.25, 0.3) is 0 Å². The summed E-state index contributed by atoms with van der Waals surface area (Å²) < 4.78 is 11.8. The fraction of sp³-hybridized carbons (Fsp3) is 0.326. The summed E-state index contributed by atoms with van der Waals surface area (Å²) in [5.41, 5.74) is -1.19. The molecule has 0 heterocycles. The van der Waals surface area contributed by atoms with Crippen molar-refractivity contribution < 1.29 is 48.8 Å². The summed E-state index contributed by atoms with van der Waals surface area (Å²) >= 11 is 0. The van der Waals surface area contributed by atoms with Crippen LogP contribution in [0.4, 0.5) is 0 Å². The Labute approximate surface area is 319 Å². The Balaban J connectivity index is 1.42. The van der Waals surface area contributed by atoms with Crippen molar-refractivity contribution in [1.82, 2.24) is 9.80 Å². The molecule has 0 unspecified atom stereocenters. The van der Waals surface area contributed by atoms with Gasteiger partial charge in [-0.2, -0.15) is 0 Å². The van der Waals surface area contributed by atoms with Gasteiger partial charge in [0.15, 0.2) is 0 Å². The highest BCUT2D eigenvalue weighted by atomic mass is 16.5. The lowest BCUT2D eigenvalue weighted by Crippen LogP contribution is -2.52. The number of carbonyl (C=O) groups is 5. The Bertz CT molecular complexity index is 1940. The van der Waals surface area contributed by atoms with Gasteiger partial charge in [-0.25, -0.2) is 0 Å². The lowest BCUT2D eigenvalue weighted by atomic mass is 9.67. The molecule has 12 heteroatoms. The molecule has 4 aromatic rings. The second-order valence-corrected chi connectivity index (χ2v) is 13.8. The van der Waals surface area contributed by atoms with E-state index in [2.05, 4.69) is 0 Å². The molecule has 3 N–H and O–H groups in total. The van der Waals surface area contributed by atoms with Crippen LogP contribution in [0.5, 0.6) is 23.0 Å². The molecular weight excluding hydrogens is 704 g/mol. The van der Waals surface area contributed by atoms with Gasteiger partial charge in [0.25, 0.3) is 0 Å². The van der Waals surface area contributed by atoms with Gasteiger partial charge in [-0.15, -0.1) is 0 Å². The average molecular weight is 751 g/mol. The molecule has 1 fully saturated rings. The van der Waals surface area contributed by atoms with Gasteiger partial charge < -0.3 is 34.6 Å². The summed E-state index contributed by atoms with van der Waals surface area (Å²) in [7, 11) is 0. The van der Waals surface area contributed by atoms with E-state index in [0.717, 1.165) is 0 Å². The monoisotopic (exact) mass is 750 g/mol. The highest BCUT2D eigenvalue weighted by molar-refractivity contribution is 5.98. The Morgan fingerprint density at radius 2 is 1.04 bits per heavy atom. The third-order valence-corrected chi connectivity index (χ3v) is 9.95. The van der Waals surface area contributed by atoms with E-state index >= 15 is 0 Å². The number of aliphatic carboxylic acids is 3. The summed E-state index contributed by atoms with van der Waals surface area (Å²) in [5, 5.41) is 31.4. The van der Waals surface area contributed by atoms with Crippen LogP contribution in [0.15, 0.2) is 109 Å². The largest absolute Gasteiger partial charge is 0.481 e. The minimum Gasteiger partial charge on any atom is -0.481 e. The van der Waals surface area contributed by atoms with Gasteiger partial charge in [-0.05, 0) is 78.9 Å². The van der Waals surface area contributed by atoms with Gasteiger partial charge in [0.2, 0.25) is 11.8 Å². The molecule has 0 spiro atoms. The first-order chi connectivity index (χ1) is 26.5. The zero-order valence-electron chi connectivity index (χ0n) is 30.9. The highest BCUT2D eigenvalue weighted by Crippen LogP contribution is 2.55. The lowest BCUT2D eigenvalue weighted by molar-refractivity contribution is -0.173. The number of amides is 2. The molecule has 1 aliphatic rings. The van der Waals surface area contributed by atoms with Crippen LogP contribution in [0.1, 0.15) is 50.7 Å². The van der Waals surface area contributed by atoms with E-state index in [-0.39, 0.29) is 26.2 Å². The zero-order valence-corrected chi connectivity index (χ0v) is 30.9. The minimum absolute atomic E-state index is 0.0415. The lowest BCUT2D eigenvalue weighted by Gasteiger charge is -2.36. The van der Waals surface area contributed by atoms with E-state index in [0.29, 0.717) is 47.0 Å². The van der Waals surface area contributed by atoms with Crippen LogP contribution in [0, 0.1) is 23.2 Å². The van der Waals surface area contributed by atoms with Gasteiger partial charge >= 0.3 is 17.9 Å². The van der Waals surface area contributed by atoms with Crippen molar-refractivity contribution in [3.8, 4) is 23.0 Å². The molecule has 1 saturated carbocycles. The van der Waals surface area contributed by atoms with E-state index < -0.39 is 65.7 Å². The first-order valence-corrected chi connectivity index (χ1v) is 18.4.